The smallest absolute Gasteiger partial charge is 0.0540 e. The molecule has 1 N–H and O–H groups in total. The molecule has 2 fully saturated rings. The van der Waals surface area contributed by atoms with Gasteiger partial charge in [-0.25, -0.2) is 0 Å². The van der Waals surface area contributed by atoms with Gasteiger partial charge in [-0.3, -0.25) is 0 Å². The van der Waals surface area contributed by atoms with Gasteiger partial charge in [0.2, 0.25) is 0 Å². The van der Waals surface area contributed by atoms with Gasteiger partial charge in [0.25, 0.3) is 0 Å². The van der Waals surface area contributed by atoms with Crippen molar-refractivity contribution in [2.24, 2.45) is 0 Å². The Balaban J connectivity index is 1.42. The lowest BCUT2D eigenvalue weighted by molar-refractivity contribution is 0.157. The van der Waals surface area contributed by atoms with Crippen LogP contribution < -0.4 is 0 Å². The summed E-state index contributed by atoms with van der Waals surface area (Å²) < 4.78 is 0. The Bertz CT molecular complexity index is 713. The van der Waals surface area contributed by atoms with Gasteiger partial charge in [0.05, 0.1) is 6.10 Å². The molecule has 0 aliphatic heterocycles. The third kappa shape index (κ3) is 4.78. The summed E-state index contributed by atoms with van der Waals surface area (Å²) >= 11 is 4.62. The fourth-order valence-electron chi connectivity index (χ4n) is 4.92. The number of hydrogen-bond acceptors (Lipinski definition) is 2. The zero-order valence-corrected chi connectivity index (χ0v) is 17.1. The average Bonchev–Trinajstić information content (AvgIpc) is 2.93. The predicted octanol–water partition coefficient (Wildman–Crippen LogP) is 6.72. The maximum atomic E-state index is 9.87. The maximum absolute atomic E-state index is 9.87. The molecule has 144 valence electrons. The van der Waals surface area contributed by atoms with E-state index in [0.717, 1.165) is 31.6 Å². The van der Waals surface area contributed by atoms with Gasteiger partial charge in [-0.2, -0.15) is 12.6 Å². The highest BCUT2D eigenvalue weighted by Crippen LogP contribution is 2.36. The van der Waals surface area contributed by atoms with Gasteiger partial charge in [-0.1, -0.05) is 55.0 Å². The van der Waals surface area contributed by atoms with Crippen LogP contribution in [0.3, 0.4) is 0 Å². The Morgan fingerprint density at radius 2 is 1.07 bits per heavy atom. The zero-order valence-electron chi connectivity index (χ0n) is 16.2. The zero-order chi connectivity index (χ0) is 18.6. The molecular formula is C25H32OS. The first-order chi connectivity index (χ1) is 13.2. The van der Waals surface area contributed by atoms with Crippen molar-refractivity contribution in [3.05, 3.63) is 59.7 Å². The van der Waals surface area contributed by atoms with Gasteiger partial charge >= 0.3 is 0 Å². The monoisotopic (exact) mass is 380 g/mol. The molecule has 27 heavy (non-hydrogen) atoms. The average molecular weight is 381 g/mol. The van der Waals surface area contributed by atoms with Gasteiger partial charge in [0.15, 0.2) is 0 Å². The Morgan fingerprint density at radius 3 is 1.63 bits per heavy atom. The van der Waals surface area contributed by atoms with Crippen molar-refractivity contribution < 1.29 is 5.11 Å². The second-order valence-electron chi connectivity index (χ2n) is 8.61. The van der Waals surface area contributed by atoms with E-state index < -0.39 is 0 Å². The van der Waals surface area contributed by atoms with Gasteiger partial charge in [0, 0.05) is 5.25 Å². The van der Waals surface area contributed by atoms with Crippen LogP contribution in [-0.2, 0) is 0 Å². The van der Waals surface area contributed by atoms with Crippen LogP contribution in [0.15, 0.2) is 48.5 Å². The number of aliphatic hydroxyl groups is 1. The molecule has 2 aliphatic rings. The standard InChI is InChI=1S/C25H32OS/c26-24-3-1-2-18(12-15-24)19-4-6-20(7-5-19)21-8-10-22(11-9-21)23-13-16-25(27)17-14-23/h4-11,18,23-27H,1-3,12-17H2. The van der Waals surface area contributed by atoms with E-state index in [4.69, 9.17) is 0 Å². The van der Waals surface area contributed by atoms with Crippen molar-refractivity contribution in [1.82, 2.24) is 0 Å². The molecule has 2 aromatic rings. The van der Waals surface area contributed by atoms with Crippen molar-refractivity contribution in [3.63, 3.8) is 0 Å². The minimum Gasteiger partial charge on any atom is -0.393 e. The number of rotatable bonds is 3. The molecule has 0 bridgehead atoms. The molecule has 2 aliphatic carbocycles. The molecule has 0 radical (unpaired) electrons. The molecule has 2 heteroatoms. The molecule has 2 unspecified atom stereocenters. The highest BCUT2D eigenvalue weighted by molar-refractivity contribution is 7.80. The molecule has 0 spiro atoms. The largest absolute Gasteiger partial charge is 0.393 e. The van der Waals surface area contributed by atoms with Crippen molar-refractivity contribution in [2.45, 2.75) is 81.0 Å². The van der Waals surface area contributed by atoms with Crippen LogP contribution in [0.25, 0.3) is 11.1 Å². The minimum absolute atomic E-state index is 0.0874. The van der Waals surface area contributed by atoms with Crippen LogP contribution in [0.5, 0.6) is 0 Å². The van der Waals surface area contributed by atoms with Gasteiger partial charge in [0.1, 0.15) is 0 Å². The molecule has 0 heterocycles. The van der Waals surface area contributed by atoms with E-state index in [1.54, 1.807) is 0 Å². The third-order valence-electron chi connectivity index (χ3n) is 6.73. The van der Waals surface area contributed by atoms with Crippen molar-refractivity contribution in [1.29, 1.82) is 0 Å². The molecule has 2 aromatic carbocycles. The van der Waals surface area contributed by atoms with Crippen LogP contribution in [0, 0.1) is 0 Å². The van der Waals surface area contributed by atoms with Crippen molar-refractivity contribution in [3.8, 4) is 11.1 Å². The summed E-state index contributed by atoms with van der Waals surface area (Å²) in [5.74, 6) is 1.33. The molecule has 0 saturated heterocycles. The molecule has 0 aromatic heterocycles. The summed E-state index contributed by atoms with van der Waals surface area (Å²) in [6.45, 7) is 0. The SMILES string of the molecule is OC1CCCC(c2ccc(-c3ccc(C4CCC(S)CC4)cc3)cc2)CC1. The van der Waals surface area contributed by atoms with E-state index in [9.17, 15) is 5.11 Å². The molecule has 1 nitrogen and oxygen atoms in total. The topological polar surface area (TPSA) is 20.2 Å². The second-order valence-corrected chi connectivity index (χ2v) is 9.34. The third-order valence-corrected chi connectivity index (χ3v) is 7.25. The number of thiol groups is 1. The van der Waals surface area contributed by atoms with Crippen LogP contribution >= 0.6 is 12.6 Å². The fourth-order valence-corrected chi connectivity index (χ4v) is 5.22. The molecular weight excluding hydrogens is 348 g/mol. The van der Waals surface area contributed by atoms with E-state index in [1.165, 1.54) is 54.4 Å². The lowest BCUT2D eigenvalue weighted by atomic mass is 9.83. The highest BCUT2D eigenvalue weighted by atomic mass is 32.1. The first-order valence-electron chi connectivity index (χ1n) is 10.8. The quantitative estimate of drug-likeness (QED) is 0.447. The number of hydrogen-bond donors (Lipinski definition) is 2. The summed E-state index contributed by atoms with van der Waals surface area (Å²) in [6, 6.07) is 18.4. The summed E-state index contributed by atoms with van der Waals surface area (Å²) in [4.78, 5) is 0. The Labute approximate surface area is 169 Å². The summed E-state index contributed by atoms with van der Waals surface area (Å²) in [5.41, 5.74) is 5.54. The van der Waals surface area contributed by atoms with E-state index in [2.05, 4.69) is 61.2 Å². The van der Waals surface area contributed by atoms with Gasteiger partial charge < -0.3 is 5.11 Å². The normalized spacial score (nSPS) is 29.3. The van der Waals surface area contributed by atoms with E-state index in [1.807, 2.05) is 0 Å². The number of aliphatic hydroxyl groups excluding tert-OH is 1. The van der Waals surface area contributed by atoms with E-state index in [0.29, 0.717) is 11.2 Å². The van der Waals surface area contributed by atoms with Gasteiger partial charge in [-0.05, 0) is 85.5 Å². The molecule has 2 saturated carbocycles. The summed E-state index contributed by atoms with van der Waals surface area (Å²) in [5, 5.41) is 10.5. The molecule has 4 rings (SSSR count). The highest BCUT2D eigenvalue weighted by Gasteiger charge is 2.20. The van der Waals surface area contributed by atoms with E-state index >= 15 is 0 Å². The number of benzene rings is 2. The fraction of sp³-hybridized carbons (Fsp3) is 0.520. The Kier molecular flexibility index (Phi) is 6.24. The van der Waals surface area contributed by atoms with Gasteiger partial charge in [-0.15, -0.1) is 0 Å². The predicted molar refractivity (Wildman–Crippen MR) is 118 cm³/mol. The summed E-state index contributed by atoms with van der Waals surface area (Å²) in [7, 11) is 0. The maximum Gasteiger partial charge on any atom is 0.0540 e. The van der Waals surface area contributed by atoms with Crippen LogP contribution in [0.4, 0.5) is 0 Å². The van der Waals surface area contributed by atoms with Crippen LogP contribution in [0.2, 0.25) is 0 Å². The van der Waals surface area contributed by atoms with Crippen LogP contribution in [0.1, 0.15) is 80.8 Å². The Hall–Kier alpha value is -1.25. The molecule has 2 atom stereocenters. The van der Waals surface area contributed by atoms with E-state index in [-0.39, 0.29) is 6.10 Å². The first-order valence-corrected chi connectivity index (χ1v) is 11.3. The Morgan fingerprint density at radius 1 is 0.593 bits per heavy atom. The minimum atomic E-state index is -0.0874. The summed E-state index contributed by atoms with van der Waals surface area (Å²) in [6.07, 6.45) is 10.3. The lowest BCUT2D eigenvalue weighted by Crippen LogP contribution is -2.12. The second kappa shape index (κ2) is 8.84. The molecule has 0 amide bonds. The first kappa shape index (κ1) is 19.1. The lowest BCUT2D eigenvalue weighted by Gasteiger charge is -2.26. The van der Waals surface area contributed by atoms with Crippen molar-refractivity contribution in [2.75, 3.05) is 0 Å². The van der Waals surface area contributed by atoms with Crippen LogP contribution in [-0.4, -0.2) is 16.5 Å². The van der Waals surface area contributed by atoms with Crippen molar-refractivity contribution >= 4 is 12.6 Å².